The van der Waals surface area contributed by atoms with Crippen LogP contribution in [0.4, 0.5) is 5.82 Å². The van der Waals surface area contributed by atoms with Gasteiger partial charge >= 0.3 is 0 Å². The molecule has 0 saturated carbocycles. The number of pyridine rings is 1. The fourth-order valence-corrected chi connectivity index (χ4v) is 2.84. The van der Waals surface area contributed by atoms with Gasteiger partial charge in [0.05, 0.1) is 17.6 Å². The van der Waals surface area contributed by atoms with E-state index in [1.165, 1.54) is 0 Å². The fraction of sp³-hybridized carbons (Fsp3) is 0.133. The Hall–Kier alpha value is -2.47. The molecule has 0 atom stereocenters. The zero-order valence-corrected chi connectivity index (χ0v) is 12.3. The summed E-state index contributed by atoms with van der Waals surface area (Å²) in [5.41, 5.74) is 7.02. The van der Waals surface area contributed by atoms with E-state index in [0.29, 0.717) is 23.4 Å². The average molecular weight is 298 g/mol. The maximum Gasteiger partial charge on any atom is 0.252 e. The van der Waals surface area contributed by atoms with Gasteiger partial charge in [-0.3, -0.25) is 4.79 Å². The van der Waals surface area contributed by atoms with E-state index in [9.17, 15) is 4.79 Å². The zero-order valence-electron chi connectivity index (χ0n) is 11.5. The lowest BCUT2D eigenvalue weighted by atomic mass is 10.1. The molecule has 1 amide bonds. The van der Waals surface area contributed by atoms with E-state index in [2.05, 4.69) is 15.3 Å². The average Bonchev–Trinajstić information content (AvgIpc) is 2.89. The molecule has 0 aliphatic heterocycles. The number of fused-ring (bicyclic) bond motifs is 1. The van der Waals surface area contributed by atoms with Crippen LogP contribution >= 0.6 is 11.3 Å². The lowest BCUT2D eigenvalue weighted by Crippen LogP contribution is -2.23. The Bertz CT molecular complexity index is 812. The van der Waals surface area contributed by atoms with Crippen LogP contribution in [-0.4, -0.2) is 15.9 Å². The summed E-state index contributed by atoms with van der Waals surface area (Å²) in [6, 6.07) is 9.05. The van der Waals surface area contributed by atoms with Crippen molar-refractivity contribution in [3.63, 3.8) is 0 Å². The van der Waals surface area contributed by atoms with Crippen molar-refractivity contribution < 1.29 is 4.79 Å². The number of anilines is 1. The lowest BCUT2D eigenvalue weighted by molar-refractivity contribution is 0.0952. The van der Waals surface area contributed by atoms with Crippen molar-refractivity contribution in [2.24, 2.45) is 0 Å². The molecule has 0 radical (unpaired) electrons. The van der Waals surface area contributed by atoms with Gasteiger partial charge in [-0.25, -0.2) is 9.97 Å². The van der Waals surface area contributed by atoms with Gasteiger partial charge in [0.2, 0.25) is 0 Å². The van der Waals surface area contributed by atoms with Crippen molar-refractivity contribution in [1.82, 2.24) is 15.3 Å². The highest BCUT2D eigenvalue weighted by atomic mass is 32.1. The van der Waals surface area contributed by atoms with Crippen molar-refractivity contribution in [2.45, 2.75) is 13.5 Å². The van der Waals surface area contributed by atoms with Crippen LogP contribution in [0.25, 0.3) is 10.9 Å². The predicted molar refractivity (Wildman–Crippen MR) is 84.2 cm³/mol. The van der Waals surface area contributed by atoms with E-state index in [4.69, 9.17) is 5.73 Å². The van der Waals surface area contributed by atoms with Crippen molar-refractivity contribution in [3.05, 3.63) is 52.0 Å². The molecule has 0 fully saturated rings. The van der Waals surface area contributed by atoms with Gasteiger partial charge in [0.1, 0.15) is 10.8 Å². The number of para-hydroxylation sites is 1. The minimum Gasteiger partial charge on any atom is -0.384 e. The smallest absolute Gasteiger partial charge is 0.252 e. The Morgan fingerprint density at radius 1 is 1.38 bits per heavy atom. The molecule has 0 aliphatic carbocycles. The minimum absolute atomic E-state index is 0.173. The van der Waals surface area contributed by atoms with E-state index in [0.717, 1.165) is 15.3 Å². The third-order valence-electron chi connectivity index (χ3n) is 3.05. The SMILES string of the molecule is Cc1cnc(CNC(=O)c2cc(N)nc3ccccc23)s1. The Morgan fingerprint density at radius 3 is 2.95 bits per heavy atom. The van der Waals surface area contributed by atoms with Crippen molar-refractivity contribution in [1.29, 1.82) is 0 Å². The number of carbonyl (C=O) groups excluding carboxylic acids is 1. The standard InChI is InChI=1S/C15H14N4OS/c1-9-7-17-14(21-9)8-18-15(20)11-6-13(16)19-12-5-3-2-4-10(11)12/h2-7H,8H2,1H3,(H2,16,19)(H,18,20). The Morgan fingerprint density at radius 2 is 2.19 bits per heavy atom. The van der Waals surface area contributed by atoms with Crippen LogP contribution in [0, 0.1) is 6.92 Å². The summed E-state index contributed by atoms with van der Waals surface area (Å²) in [4.78, 5) is 22.0. The van der Waals surface area contributed by atoms with Crippen molar-refractivity contribution in [2.75, 3.05) is 5.73 Å². The summed E-state index contributed by atoms with van der Waals surface area (Å²) in [5.74, 6) is 0.164. The topological polar surface area (TPSA) is 80.9 Å². The van der Waals surface area contributed by atoms with Crippen LogP contribution in [0.15, 0.2) is 36.5 Å². The van der Waals surface area contributed by atoms with Gasteiger partial charge in [-0.2, -0.15) is 0 Å². The van der Waals surface area contributed by atoms with E-state index < -0.39 is 0 Å². The molecule has 2 heterocycles. The Balaban J connectivity index is 1.87. The molecule has 21 heavy (non-hydrogen) atoms. The molecule has 3 N–H and O–H groups in total. The van der Waals surface area contributed by atoms with Gasteiger partial charge in [0.25, 0.3) is 5.91 Å². The van der Waals surface area contributed by atoms with Gasteiger partial charge in [-0.15, -0.1) is 11.3 Å². The predicted octanol–water partition coefficient (Wildman–Crippen LogP) is 2.51. The normalized spacial score (nSPS) is 10.7. The molecule has 3 rings (SSSR count). The third-order valence-corrected chi connectivity index (χ3v) is 3.96. The van der Waals surface area contributed by atoms with E-state index in [-0.39, 0.29) is 5.91 Å². The van der Waals surface area contributed by atoms with Gasteiger partial charge in [-0.1, -0.05) is 18.2 Å². The fourth-order valence-electron chi connectivity index (χ4n) is 2.12. The molecule has 6 heteroatoms. The van der Waals surface area contributed by atoms with Gasteiger partial charge < -0.3 is 11.1 Å². The van der Waals surface area contributed by atoms with Crippen LogP contribution in [0.3, 0.4) is 0 Å². The summed E-state index contributed by atoms with van der Waals surface area (Å²) in [6.45, 7) is 2.40. The van der Waals surface area contributed by atoms with Crippen LogP contribution in [0.1, 0.15) is 20.2 Å². The summed E-state index contributed by atoms with van der Waals surface area (Å²) >= 11 is 1.57. The number of rotatable bonds is 3. The number of hydrogen-bond acceptors (Lipinski definition) is 5. The molecule has 0 saturated heterocycles. The summed E-state index contributed by atoms with van der Waals surface area (Å²) in [5, 5.41) is 4.55. The first kappa shape index (κ1) is 13.5. The quantitative estimate of drug-likeness (QED) is 0.778. The second kappa shape index (κ2) is 5.49. The van der Waals surface area contributed by atoms with Crippen LogP contribution < -0.4 is 11.1 Å². The van der Waals surface area contributed by atoms with Crippen molar-refractivity contribution in [3.8, 4) is 0 Å². The largest absolute Gasteiger partial charge is 0.384 e. The highest BCUT2D eigenvalue weighted by Gasteiger charge is 2.12. The number of amides is 1. The molecule has 2 aromatic heterocycles. The third kappa shape index (κ3) is 2.85. The van der Waals surface area contributed by atoms with E-state index >= 15 is 0 Å². The number of benzene rings is 1. The van der Waals surface area contributed by atoms with Gasteiger partial charge in [0, 0.05) is 16.5 Å². The number of aryl methyl sites for hydroxylation is 1. The maximum absolute atomic E-state index is 12.4. The molecule has 0 aliphatic rings. The Kier molecular flexibility index (Phi) is 3.53. The van der Waals surface area contributed by atoms with Crippen LogP contribution in [0.5, 0.6) is 0 Å². The first-order valence-corrected chi connectivity index (χ1v) is 7.30. The molecule has 1 aromatic carbocycles. The molecule has 106 valence electrons. The molecule has 5 nitrogen and oxygen atoms in total. The number of nitrogens with zero attached hydrogens (tertiary/aromatic N) is 2. The molecular formula is C15H14N4OS. The number of aromatic nitrogens is 2. The number of nitrogens with one attached hydrogen (secondary N) is 1. The highest BCUT2D eigenvalue weighted by Crippen LogP contribution is 2.19. The number of nitrogen functional groups attached to an aromatic ring is 1. The first-order valence-electron chi connectivity index (χ1n) is 6.48. The minimum atomic E-state index is -0.173. The maximum atomic E-state index is 12.4. The van der Waals surface area contributed by atoms with Gasteiger partial charge in [-0.05, 0) is 19.1 Å². The Labute approximate surface area is 125 Å². The number of nitrogens with two attached hydrogens (primary N) is 1. The molecule has 0 bridgehead atoms. The van der Waals surface area contributed by atoms with Crippen LogP contribution in [0.2, 0.25) is 0 Å². The second-order valence-corrected chi connectivity index (χ2v) is 5.98. The summed E-state index contributed by atoms with van der Waals surface area (Å²) in [6.07, 6.45) is 1.80. The van der Waals surface area contributed by atoms with Crippen LogP contribution in [-0.2, 0) is 6.54 Å². The zero-order chi connectivity index (χ0) is 14.8. The van der Waals surface area contributed by atoms with Crippen molar-refractivity contribution >= 4 is 34.0 Å². The molecule has 0 spiro atoms. The first-order chi connectivity index (χ1) is 10.1. The van der Waals surface area contributed by atoms with Gasteiger partial charge in [0.15, 0.2) is 0 Å². The van der Waals surface area contributed by atoms with E-state index in [1.54, 1.807) is 23.6 Å². The number of carbonyl (C=O) groups is 1. The molecule has 3 aromatic rings. The lowest BCUT2D eigenvalue weighted by Gasteiger charge is -2.08. The number of thiazole rings is 1. The summed E-state index contributed by atoms with van der Waals surface area (Å²) in [7, 11) is 0. The molecular weight excluding hydrogens is 284 g/mol. The monoisotopic (exact) mass is 298 g/mol. The van der Waals surface area contributed by atoms with E-state index in [1.807, 2.05) is 31.2 Å². The summed E-state index contributed by atoms with van der Waals surface area (Å²) < 4.78 is 0. The number of hydrogen-bond donors (Lipinski definition) is 2. The molecule has 0 unspecified atom stereocenters. The highest BCUT2D eigenvalue weighted by molar-refractivity contribution is 7.11. The second-order valence-electron chi connectivity index (χ2n) is 4.66.